The van der Waals surface area contributed by atoms with Gasteiger partial charge >= 0.3 is 0 Å². The molecule has 0 N–H and O–H groups in total. The maximum atomic E-state index is 2.50. The second kappa shape index (κ2) is 10.8. The first-order valence-electron chi connectivity index (χ1n) is 17.7. The van der Waals surface area contributed by atoms with Gasteiger partial charge in [0.2, 0.25) is 0 Å². The van der Waals surface area contributed by atoms with Crippen LogP contribution in [0.5, 0.6) is 0 Å². The second-order valence-corrected chi connectivity index (χ2v) is 17.4. The molecule has 3 heteroatoms. The van der Waals surface area contributed by atoms with Crippen molar-refractivity contribution in [1.82, 2.24) is 9.13 Å². The standard InChI is InChI=1S/C48H32N2Si/c1-2-17-34(18-3-1)51(35-19-14-16-33(32-35)49-41-25-9-4-20-36(41)37-21-5-10-26-42(37)49)46-30-13-8-24-40(46)48-45(29-15-31-47(48)51)50-43-27-11-6-22-38(43)39-23-7-12-28-44(39)50/h1-32H. The molecule has 0 amide bonds. The molecule has 1 atom stereocenters. The third kappa shape index (κ3) is 3.81. The molecule has 0 aliphatic carbocycles. The molecule has 0 saturated carbocycles. The smallest absolute Gasteiger partial charge is 0.181 e. The van der Waals surface area contributed by atoms with E-state index in [-0.39, 0.29) is 0 Å². The molecule has 1 aliphatic rings. The lowest BCUT2D eigenvalue weighted by atomic mass is 10.0. The SMILES string of the molecule is c1ccc([Si]2(c3cccc(-n4c5ccccc5c5ccccc54)c3)c3ccccc3-c3c(-n4c5ccccc5c5ccccc54)cccc32)cc1. The Morgan fingerprint density at radius 3 is 1.43 bits per heavy atom. The van der Waals surface area contributed by atoms with Crippen LogP contribution < -0.4 is 20.7 Å². The van der Waals surface area contributed by atoms with Gasteiger partial charge in [-0.2, -0.15) is 0 Å². The Bertz CT molecular complexity index is 2880. The van der Waals surface area contributed by atoms with Crippen molar-refractivity contribution < 1.29 is 0 Å². The molecule has 3 heterocycles. The van der Waals surface area contributed by atoms with Crippen LogP contribution in [0, 0.1) is 0 Å². The summed E-state index contributed by atoms with van der Waals surface area (Å²) in [6, 6.07) is 72.4. The summed E-state index contributed by atoms with van der Waals surface area (Å²) in [5.41, 5.74) is 10.0. The summed E-state index contributed by atoms with van der Waals surface area (Å²) >= 11 is 0. The molecular formula is C48H32N2Si. The van der Waals surface area contributed by atoms with Crippen LogP contribution in [-0.4, -0.2) is 17.2 Å². The van der Waals surface area contributed by atoms with E-state index < -0.39 is 8.07 Å². The van der Waals surface area contributed by atoms with E-state index in [1.54, 1.807) is 0 Å². The van der Waals surface area contributed by atoms with Gasteiger partial charge in [-0.3, -0.25) is 0 Å². The number of nitrogens with zero attached hydrogens (tertiary/aromatic N) is 2. The minimum absolute atomic E-state index is 1.19. The van der Waals surface area contributed by atoms with Gasteiger partial charge in [0, 0.05) is 32.8 Å². The van der Waals surface area contributed by atoms with Crippen LogP contribution in [0.15, 0.2) is 194 Å². The summed E-state index contributed by atoms with van der Waals surface area (Å²) in [7, 11) is -2.81. The van der Waals surface area contributed by atoms with E-state index in [1.165, 1.54) is 86.9 Å². The zero-order valence-corrected chi connectivity index (χ0v) is 28.9. The fourth-order valence-electron chi connectivity index (χ4n) is 9.23. The zero-order chi connectivity index (χ0) is 33.5. The summed E-state index contributed by atoms with van der Waals surface area (Å²) in [5, 5.41) is 10.8. The van der Waals surface area contributed by atoms with E-state index in [9.17, 15) is 0 Å². The van der Waals surface area contributed by atoms with Crippen molar-refractivity contribution >= 4 is 72.4 Å². The maximum Gasteiger partial charge on any atom is 0.181 e. The monoisotopic (exact) mass is 664 g/mol. The van der Waals surface area contributed by atoms with Gasteiger partial charge in [0.25, 0.3) is 0 Å². The van der Waals surface area contributed by atoms with Crippen LogP contribution in [0.4, 0.5) is 0 Å². The molecule has 0 radical (unpaired) electrons. The molecule has 10 aromatic rings. The summed E-state index contributed by atoms with van der Waals surface area (Å²) in [4.78, 5) is 0. The molecule has 238 valence electrons. The number of rotatable bonds is 4. The predicted molar refractivity (Wildman–Crippen MR) is 218 cm³/mol. The van der Waals surface area contributed by atoms with Gasteiger partial charge in [0.1, 0.15) is 0 Å². The fourth-order valence-corrected chi connectivity index (χ4v) is 14.4. The Hall–Kier alpha value is -6.42. The van der Waals surface area contributed by atoms with Crippen LogP contribution in [0.3, 0.4) is 0 Å². The van der Waals surface area contributed by atoms with E-state index in [1.807, 2.05) is 0 Å². The van der Waals surface area contributed by atoms with Gasteiger partial charge in [-0.15, -0.1) is 0 Å². The lowest BCUT2D eigenvalue weighted by Crippen LogP contribution is -2.72. The highest BCUT2D eigenvalue weighted by Crippen LogP contribution is 2.39. The Morgan fingerprint density at radius 2 is 0.804 bits per heavy atom. The minimum Gasteiger partial charge on any atom is -0.309 e. The number of hydrogen-bond donors (Lipinski definition) is 0. The average Bonchev–Trinajstić information content (AvgIpc) is 3.83. The molecule has 1 aliphatic heterocycles. The quantitative estimate of drug-likeness (QED) is 0.166. The van der Waals surface area contributed by atoms with Crippen molar-refractivity contribution in [1.29, 1.82) is 0 Å². The van der Waals surface area contributed by atoms with E-state index in [4.69, 9.17) is 0 Å². The number of benzene rings is 8. The first-order valence-corrected chi connectivity index (χ1v) is 19.7. The maximum absolute atomic E-state index is 2.81. The normalized spacial score (nSPS) is 15.1. The Balaban J connectivity index is 1.25. The Kier molecular flexibility index (Phi) is 6.01. The molecule has 1 unspecified atom stereocenters. The molecule has 2 aromatic heterocycles. The van der Waals surface area contributed by atoms with E-state index in [2.05, 4.69) is 203 Å². The highest BCUT2D eigenvalue weighted by Gasteiger charge is 2.49. The largest absolute Gasteiger partial charge is 0.309 e. The number of para-hydroxylation sites is 4. The van der Waals surface area contributed by atoms with Crippen LogP contribution in [-0.2, 0) is 0 Å². The van der Waals surface area contributed by atoms with Crippen molar-refractivity contribution in [2.24, 2.45) is 0 Å². The molecule has 0 fully saturated rings. The van der Waals surface area contributed by atoms with Crippen LogP contribution in [0.25, 0.3) is 66.1 Å². The number of hydrogen-bond acceptors (Lipinski definition) is 0. The van der Waals surface area contributed by atoms with Crippen LogP contribution >= 0.6 is 0 Å². The number of fused-ring (bicyclic) bond motifs is 9. The van der Waals surface area contributed by atoms with Crippen molar-refractivity contribution in [2.75, 3.05) is 0 Å². The van der Waals surface area contributed by atoms with Crippen molar-refractivity contribution in [3.63, 3.8) is 0 Å². The van der Waals surface area contributed by atoms with E-state index in [0.717, 1.165) is 0 Å². The van der Waals surface area contributed by atoms with Gasteiger partial charge in [0.15, 0.2) is 8.07 Å². The molecule has 51 heavy (non-hydrogen) atoms. The highest BCUT2D eigenvalue weighted by molar-refractivity contribution is 7.22. The molecule has 0 bridgehead atoms. The van der Waals surface area contributed by atoms with Gasteiger partial charge in [-0.25, -0.2) is 0 Å². The van der Waals surface area contributed by atoms with E-state index in [0.29, 0.717) is 0 Å². The van der Waals surface area contributed by atoms with Gasteiger partial charge < -0.3 is 9.13 Å². The fraction of sp³-hybridized carbons (Fsp3) is 0. The molecular weight excluding hydrogens is 633 g/mol. The second-order valence-electron chi connectivity index (χ2n) is 13.7. The van der Waals surface area contributed by atoms with Crippen molar-refractivity contribution in [3.8, 4) is 22.5 Å². The Morgan fingerprint density at radius 1 is 0.333 bits per heavy atom. The molecule has 8 aromatic carbocycles. The lowest BCUT2D eigenvalue weighted by molar-refractivity contribution is 1.18. The topological polar surface area (TPSA) is 9.86 Å². The van der Waals surface area contributed by atoms with Crippen molar-refractivity contribution in [2.45, 2.75) is 0 Å². The first kappa shape index (κ1) is 28.4. The number of aromatic nitrogens is 2. The molecule has 0 spiro atoms. The summed E-state index contributed by atoms with van der Waals surface area (Å²) in [6.07, 6.45) is 0. The predicted octanol–water partition coefficient (Wildman–Crippen LogP) is 9.24. The van der Waals surface area contributed by atoms with Gasteiger partial charge in [-0.05, 0) is 68.8 Å². The average molecular weight is 665 g/mol. The van der Waals surface area contributed by atoms with Crippen molar-refractivity contribution in [3.05, 3.63) is 194 Å². The van der Waals surface area contributed by atoms with Gasteiger partial charge in [0.05, 0.1) is 27.8 Å². The first-order chi connectivity index (χ1) is 25.3. The molecule has 2 nitrogen and oxygen atoms in total. The summed E-state index contributed by atoms with van der Waals surface area (Å²) in [5.74, 6) is 0. The van der Waals surface area contributed by atoms with Gasteiger partial charge in [-0.1, -0.05) is 152 Å². The summed E-state index contributed by atoms with van der Waals surface area (Å²) < 4.78 is 4.96. The van der Waals surface area contributed by atoms with Crippen LogP contribution in [0.2, 0.25) is 0 Å². The zero-order valence-electron chi connectivity index (χ0n) is 27.9. The van der Waals surface area contributed by atoms with E-state index >= 15 is 0 Å². The third-order valence-electron chi connectivity index (χ3n) is 11.2. The third-order valence-corrected chi connectivity index (χ3v) is 16.0. The minimum atomic E-state index is -2.81. The molecule has 11 rings (SSSR count). The lowest BCUT2D eigenvalue weighted by Gasteiger charge is -2.32. The Labute approximate surface area is 297 Å². The highest BCUT2D eigenvalue weighted by atomic mass is 28.3. The summed E-state index contributed by atoms with van der Waals surface area (Å²) in [6.45, 7) is 0. The van der Waals surface area contributed by atoms with Crippen LogP contribution in [0.1, 0.15) is 0 Å². The molecule has 0 saturated heterocycles.